The van der Waals surface area contributed by atoms with Gasteiger partial charge in [0.05, 0.1) is 25.2 Å². The molecule has 0 aromatic carbocycles. The van der Waals surface area contributed by atoms with Crippen LogP contribution >= 0.6 is 0 Å². The Morgan fingerprint density at radius 2 is 1.60 bits per heavy atom. The number of unbranched alkanes of at least 4 members (excludes halogenated alkanes) is 2. The standard InChI is InChI=1S/C36H56O6/c1-5-6-7-8-28-9-11-29(12-10-28)30-13-15-31(16-14-30)32-17-19-33(20-18-32)34(24-41-35(38)21-26(2)22-37)25-42-36(39)27(3)23-40-4/h17,19,28-31,34,37H,2-3,5-16,18,20-25H2,1,4H3. The van der Waals surface area contributed by atoms with E-state index in [4.69, 9.17) is 19.3 Å². The Morgan fingerprint density at radius 3 is 2.19 bits per heavy atom. The molecule has 0 saturated heterocycles. The van der Waals surface area contributed by atoms with Gasteiger partial charge < -0.3 is 19.3 Å². The molecule has 236 valence electrons. The summed E-state index contributed by atoms with van der Waals surface area (Å²) in [5.41, 5.74) is 3.33. The third-order valence-electron chi connectivity index (χ3n) is 9.89. The molecule has 1 atom stereocenters. The number of rotatable bonds is 17. The van der Waals surface area contributed by atoms with Crippen LogP contribution in [0, 0.1) is 29.6 Å². The molecule has 0 aromatic rings. The second-order valence-corrected chi connectivity index (χ2v) is 13.0. The SMILES string of the molecule is C=C(CO)CC(=O)OCC(COC(=O)C(=C)COC)C1=CC=C(C2CCC(C3CCC(CCCCC)CC3)CC2)CC1. The monoisotopic (exact) mass is 584 g/mol. The van der Waals surface area contributed by atoms with E-state index in [1.807, 2.05) is 0 Å². The third-order valence-corrected chi connectivity index (χ3v) is 9.89. The van der Waals surface area contributed by atoms with Crippen molar-refractivity contribution in [1.82, 2.24) is 0 Å². The summed E-state index contributed by atoms with van der Waals surface area (Å²) in [7, 11) is 1.50. The van der Waals surface area contributed by atoms with Gasteiger partial charge in [0.2, 0.25) is 0 Å². The van der Waals surface area contributed by atoms with Gasteiger partial charge in [0.15, 0.2) is 0 Å². The number of carbonyl (C=O) groups is 2. The second kappa shape index (κ2) is 18.5. The molecule has 0 radical (unpaired) electrons. The zero-order valence-electron chi connectivity index (χ0n) is 26.4. The van der Waals surface area contributed by atoms with Crippen molar-refractivity contribution in [3.05, 3.63) is 47.6 Å². The van der Waals surface area contributed by atoms with E-state index in [-0.39, 0.29) is 44.3 Å². The van der Waals surface area contributed by atoms with Gasteiger partial charge in [0, 0.05) is 13.0 Å². The molecule has 0 aromatic heterocycles. The maximum Gasteiger partial charge on any atom is 0.335 e. The Bertz CT molecular complexity index is 946. The maximum absolute atomic E-state index is 12.3. The highest BCUT2D eigenvalue weighted by Gasteiger charge is 2.32. The van der Waals surface area contributed by atoms with Gasteiger partial charge in [-0.3, -0.25) is 4.79 Å². The first-order chi connectivity index (χ1) is 20.3. The molecule has 3 aliphatic rings. The average molecular weight is 585 g/mol. The van der Waals surface area contributed by atoms with Crippen LogP contribution in [-0.4, -0.2) is 50.6 Å². The van der Waals surface area contributed by atoms with E-state index in [1.54, 1.807) is 0 Å². The van der Waals surface area contributed by atoms with Gasteiger partial charge in [-0.2, -0.15) is 0 Å². The maximum atomic E-state index is 12.3. The average Bonchev–Trinajstić information content (AvgIpc) is 3.01. The van der Waals surface area contributed by atoms with Crippen LogP contribution in [0.1, 0.15) is 103 Å². The normalized spacial score (nSPS) is 25.1. The molecule has 1 N–H and O–H groups in total. The predicted molar refractivity (Wildman–Crippen MR) is 168 cm³/mol. The minimum absolute atomic E-state index is 0.0280. The minimum atomic E-state index is -0.504. The zero-order chi connectivity index (χ0) is 30.3. The lowest BCUT2D eigenvalue weighted by molar-refractivity contribution is -0.146. The van der Waals surface area contributed by atoms with Crippen molar-refractivity contribution in [3.8, 4) is 0 Å². The van der Waals surface area contributed by atoms with Crippen LogP contribution in [0.3, 0.4) is 0 Å². The lowest BCUT2D eigenvalue weighted by Crippen LogP contribution is -2.27. The quantitative estimate of drug-likeness (QED) is 0.0818. The lowest BCUT2D eigenvalue weighted by atomic mass is 9.67. The van der Waals surface area contributed by atoms with Crippen LogP contribution in [0.4, 0.5) is 0 Å². The summed E-state index contributed by atoms with van der Waals surface area (Å²) in [5, 5.41) is 9.16. The van der Waals surface area contributed by atoms with Crippen molar-refractivity contribution in [2.24, 2.45) is 29.6 Å². The van der Waals surface area contributed by atoms with Gasteiger partial charge in [-0.25, -0.2) is 4.79 Å². The molecule has 42 heavy (non-hydrogen) atoms. The van der Waals surface area contributed by atoms with Crippen molar-refractivity contribution in [2.45, 2.75) is 103 Å². The Labute approximate surface area is 254 Å². The summed E-state index contributed by atoms with van der Waals surface area (Å²) >= 11 is 0. The zero-order valence-corrected chi connectivity index (χ0v) is 26.4. The van der Waals surface area contributed by atoms with Crippen molar-refractivity contribution >= 4 is 11.9 Å². The van der Waals surface area contributed by atoms with Crippen LogP contribution < -0.4 is 0 Å². The Hall–Kier alpha value is -2.18. The molecule has 3 rings (SSSR count). The molecule has 3 aliphatic carbocycles. The van der Waals surface area contributed by atoms with Crippen LogP contribution in [0.2, 0.25) is 0 Å². The van der Waals surface area contributed by atoms with E-state index < -0.39 is 11.9 Å². The molecule has 0 spiro atoms. The lowest BCUT2D eigenvalue weighted by Gasteiger charge is -2.39. The summed E-state index contributed by atoms with van der Waals surface area (Å²) in [5.74, 6) is 2.33. The molecular weight excluding hydrogens is 528 g/mol. The van der Waals surface area contributed by atoms with E-state index in [0.29, 0.717) is 11.5 Å². The van der Waals surface area contributed by atoms with Gasteiger partial charge in [-0.15, -0.1) is 0 Å². The van der Waals surface area contributed by atoms with Gasteiger partial charge in [-0.1, -0.05) is 81.9 Å². The Morgan fingerprint density at radius 1 is 0.929 bits per heavy atom. The summed E-state index contributed by atoms with van der Waals surface area (Å²) in [4.78, 5) is 24.6. The van der Waals surface area contributed by atoms with Gasteiger partial charge in [-0.05, 0) is 80.6 Å². The number of carbonyl (C=O) groups excluding carboxylic acids is 2. The highest BCUT2D eigenvalue weighted by atomic mass is 16.5. The van der Waals surface area contributed by atoms with Crippen molar-refractivity contribution in [1.29, 1.82) is 0 Å². The number of aliphatic hydroxyl groups is 1. The molecule has 6 heteroatoms. The number of ether oxygens (including phenoxy) is 3. The van der Waals surface area contributed by atoms with Crippen LogP contribution in [0.25, 0.3) is 0 Å². The number of aliphatic hydroxyl groups excluding tert-OH is 1. The smallest absolute Gasteiger partial charge is 0.335 e. The first kappa shape index (κ1) is 34.3. The Kier molecular flexibility index (Phi) is 15.1. The van der Waals surface area contributed by atoms with E-state index in [0.717, 1.165) is 36.2 Å². The number of esters is 2. The first-order valence-electron chi connectivity index (χ1n) is 16.5. The number of methoxy groups -OCH3 is 1. The summed E-state index contributed by atoms with van der Waals surface area (Å²) < 4.78 is 16.0. The van der Waals surface area contributed by atoms with E-state index >= 15 is 0 Å². The van der Waals surface area contributed by atoms with E-state index in [2.05, 4.69) is 32.2 Å². The second-order valence-electron chi connectivity index (χ2n) is 13.0. The summed E-state index contributed by atoms with van der Waals surface area (Å²) in [6, 6.07) is 0. The summed E-state index contributed by atoms with van der Waals surface area (Å²) in [6.45, 7) is 9.76. The summed E-state index contributed by atoms with van der Waals surface area (Å²) in [6.07, 6.45) is 23.0. The van der Waals surface area contributed by atoms with Crippen LogP contribution in [0.5, 0.6) is 0 Å². The third kappa shape index (κ3) is 11.1. The molecule has 2 fully saturated rings. The Balaban J connectivity index is 1.52. The minimum Gasteiger partial charge on any atom is -0.465 e. The molecule has 6 nitrogen and oxygen atoms in total. The van der Waals surface area contributed by atoms with Crippen molar-refractivity contribution < 1.29 is 28.9 Å². The molecule has 0 bridgehead atoms. The molecular formula is C36H56O6. The first-order valence-corrected chi connectivity index (χ1v) is 16.5. The van der Waals surface area contributed by atoms with Crippen molar-refractivity contribution in [2.75, 3.05) is 33.5 Å². The topological polar surface area (TPSA) is 82.1 Å². The molecule has 1 unspecified atom stereocenters. The number of hydrogen-bond acceptors (Lipinski definition) is 6. The number of allylic oxidation sites excluding steroid dienone is 3. The fourth-order valence-electron chi connectivity index (χ4n) is 7.22. The molecule has 0 heterocycles. The van der Waals surface area contributed by atoms with Gasteiger partial charge in [0.25, 0.3) is 0 Å². The van der Waals surface area contributed by atoms with Crippen molar-refractivity contribution in [3.63, 3.8) is 0 Å². The van der Waals surface area contributed by atoms with E-state index in [1.165, 1.54) is 89.7 Å². The van der Waals surface area contributed by atoms with Crippen LogP contribution in [0.15, 0.2) is 47.6 Å². The van der Waals surface area contributed by atoms with Gasteiger partial charge in [0.1, 0.15) is 13.2 Å². The fourth-order valence-corrected chi connectivity index (χ4v) is 7.22. The molecule has 2 saturated carbocycles. The van der Waals surface area contributed by atoms with Crippen LogP contribution in [-0.2, 0) is 23.8 Å². The largest absolute Gasteiger partial charge is 0.465 e. The highest BCUT2D eigenvalue weighted by molar-refractivity contribution is 5.88. The molecule has 0 aliphatic heterocycles. The van der Waals surface area contributed by atoms with Gasteiger partial charge >= 0.3 is 11.9 Å². The highest BCUT2D eigenvalue weighted by Crippen LogP contribution is 2.45. The molecule has 0 amide bonds. The fraction of sp³-hybridized carbons (Fsp3) is 0.722. The van der Waals surface area contributed by atoms with E-state index in [9.17, 15) is 9.59 Å². The predicted octanol–water partition coefficient (Wildman–Crippen LogP) is 7.67. The number of hydrogen-bond donors (Lipinski definition) is 1.